The number of anilines is 1. The minimum absolute atomic E-state index is 0.0496. The molecule has 0 amide bonds. The zero-order chi connectivity index (χ0) is 18.0. The molecule has 1 aromatic rings. The molecule has 1 saturated heterocycles. The third kappa shape index (κ3) is 3.94. The summed E-state index contributed by atoms with van der Waals surface area (Å²) in [6.07, 6.45) is 3.02. The van der Waals surface area contributed by atoms with Gasteiger partial charge in [0.25, 0.3) is 5.69 Å². The first-order valence-corrected chi connectivity index (χ1v) is 9.95. The molecule has 1 aromatic carbocycles. The van der Waals surface area contributed by atoms with Crippen LogP contribution in [0.2, 0.25) is 0 Å². The Morgan fingerprint density at radius 2 is 2.00 bits per heavy atom. The van der Waals surface area contributed by atoms with E-state index in [4.69, 9.17) is 4.74 Å². The second kappa shape index (κ2) is 7.27. The zero-order valence-corrected chi connectivity index (χ0v) is 15.0. The molecule has 1 saturated carbocycles. The summed E-state index contributed by atoms with van der Waals surface area (Å²) in [6.45, 7) is 3.35. The highest BCUT2D eigenvalue weighted by molar-refractivity contribution is 7.89. The molecular weight excluding hydrogens is 346 g/mol. The summed E-state index contributed by atoms with van der Waals surface area (Å²) in [6, 6.07) is 4.30. The molecule has 25 heavy (non-hydrogen) atoms. The summed E-state index contributed by atoms with van der Waals surface area (Å²) in [7, 11) is -3.75. The van der Waals surface area contributed by atoms with Crippen molar-refractivity contribution in [1.82, 2.24) is 4.31 Å². The van der Waals surface area contributed by atoms with Crippen LogP contribution in [-0.2, 0) is 14.8 Å². The van der Waals surface area contributed by atoms with E-state index in [0.29, 0.717) is 24.8 Å². The van der Waals surface area contributed by atoms with Gasteiger partial charge in [-0.1, -0.05) is 6.92 Å². The molecule has 0 spiro atoms. The number of ether oxygens (including phenoxy) is 1. The maximum atomic E-state index is 12.7. The lowest BCUT2D eigenvalue weighted by Gasteiger charge is -2.26. The predicted octanol–water partition coefficient (Wildman–Crippen LogP) is 2.22. The molecule has 138 valence electrons. The topological polar surface area (TPSA) is 102 Å². The lowest BCUT2D eigenvalue weighted by atomic mass is 10.1. The number of nitrogens with zero attached hydrogens (tertiary/aromatic N) is 2. The van der Waals surface area contributed by atoms with Crippen molar-refractivity contribution in [2.24, 2.45) is 5.92 Å². The van der Waals surface area contributed by atoms with Gasteiger partial charge in [0.1, 0.15) is 5.69 Å². The number of rotatable bonds is 5. The first kappa shape index (κ1) is 18.1. The fraction of sp³-hybridized carbons (Fsp3) is 0.625. The number of nitrogens with one attached hydrogen (secondary N) is 1. The molecule has 2 aliphatic rings. The summed E-state index contributed by atoms with van der Waals surface area (Å²) in [5.74, 6) is 0.595. The van der Waals surface area contributed by atoms with Crippen LogP contribution >= 0.6 is 0 Å². The van der Waals surface area contributed by atoms with Gasteiger partial charge < -0.3 is 10.1 Å². The maximum absolute atomic E-state index is 12.7. The van der Waals surface area contributed by atoms with Gasteiger partial charge >= 0.3 is 0 Å². The molecule has 1 aliphatic heterocycles. The monoisotopic (exact) mass is 369 g/mol. The summed E-state index contributed by atoms with van der Waals surface area (Å²) < 4.78 is 31.9. The summed E-state index contributed by atoms with van der Waals surface area (Å²) in [5.41, 5.74) is 0.180. The molecule has 1 heterocycles. The highest BCUT2D eigenvalue weighted by Gasteiger charge is 2.30. The van der Waals surface area contributed by atoms with Crippen LogP contribution in [0.4, 0.5) is 11.4 Å². The Hall–Kier alpha value is -1.71. The van der Waals surface area contributed by atoms with E-state index in [0.717, 1.165) is 25.3 Å². The molecule has 2 unspecified atom stereocenters. The van der Waals surface area contributed by atoms with Gasteiger partial charge in [0.2, 0.25) is 10.0 Å². The Morgan fingerprint density at radius 1 is 1.28 bits per heavy atom. The summed E-state index contributed by atoms with van der Waals surface area (Å²) in [4.78, 5) is 10.9. The Morgan fingerprint density at radius 3 is 2.60 bits per heavy atom. The second-order valence-corrected chi connectivity index (χ2v) is 8.65. The molecule has 8 nitrogen and oxygen atoms in total. The molecule has 3 rings (SSSR count). The molecule has 2 fully saturated rings. The van der Waals surface area contributed by atoms with Gasteiger partial charge in [0.15, 0.2) is 0 Å². The van der Waals surface area contributed by atoms with Gasteiger partial charge in [0, 0.05) is 25.2 Å². The Labute approximate surface area is 147 Å². The van der Waals surface area contributed by atoms with Gasteiger partial charge in [0.05, 0.1) is 23.0 Å². The minimum Gasteiger partial charge on any atom is -0.379 e. The van der Waals surface area contributed by atoms with E-state index in [1.165, 1.54) is 16.4 Å². The third-order valence-electron chi connectivity index (χ3n) is 4.83. The van der Waals surface area contributed by atoms with Crippen LogP contribution in [0, 0.1) is 16.0 Å². The molecule has 0 aromatic heterocycles. The minimum atomic E-state index is -3.75. The standard InChI is InChI=1S/C16H23N3O5S/c1-12-2-3-13(10-12)17-15-5-4-14(11-16(15)19(20)21)25(22,23)18-6-8-24-9-7-18/h4-5,11-13,17H,2-3,6-10H2,1H3. The van der Waals surface area contributed by atoms with E-state index >= 15 is 0 Å². The number of hydrogen-bond donors (Lipinski definition) is 1. The maximum Gasteiger partial charge on any atom is 0.293 e. The molecule has 0 bridgehead atoms. The molecule has 1 N–H and O–H groups in total. The van der Waals surface area contributed by atoms with Gasteiger partial charge in [-0.3, -0.25) is 10.1 Å². The number of benzene rings is 1. The Kier molecular flexibility index (Phi) is 5.26. The first-order valence-electron chi connectivity index (χ1n) is 8.51. The fourth-order valence-electron chi connectivity index (χ4n) is 3.44. The highest BCUT2D eigenvalue weighted by Crippen LogP contribution is 2.33. The first-order chi connectivity index (χ1) is 11.9. The van der Waals surface area contributed by atoms with Crippen LogP contribution in [0.25, 0.3) is 0 Å². The number of sulfonamides is 1. The normalized spacial score (nSPS) is 25.0. The SMILES string of the molecule is CC1CCC(Nc2ccc(S(=O)(=O)N3CCOCC3)cc2[N+](=O)[O-])C1. The Bertz CT molecular complexity index is 746. The number of nitro groups is 1. The van der Waals surface area contributed by atoms with Crippen LogP contribution in [0.5, 0.6) is 0 Å². The second-order valence-electron chi connectivity index (χ2n) is 6.71. The van der Waals surface area contributed by atoms with Crippen molar-refractivity contribution in [2.75, 3.05) is 31.6 Å². The lowest BCUT2D eigenvalue weighted by molar-refractivity contribution is -0.384. The van der Waals surface area contributed by atoms with Crippen LogP contribution in [-0.4, -0.2) is 50.0 Å². The summed E-state index contributed by atoms with van der Waals surface area (Å²) in [5, 5.41) is 14.7. The zero-order valence-electron chi connectivity index (χ0n) is 14.2. The van der Waals surface area contributed by atoms with Crippen molar-refractivity contribution in [3.05, 3.63) is 28.3 Å². The van der Waals surface area contributed by atoms with Crippen LogP contribution in [0.15, 0.2) is 23.1 Å². The summed E-state index contributed by atoms with van der Waals surface area (Å²) >= 11 is 0. The number of hydrogen-bond acceptors (Lipinski definition) is 6. The van der Waals surface area contributed by atoms with E-state index in [2.05, 4.69) is 12.2 Å². The van der Waals surface area contributed by atoms with E-state index in [9.17, 15) is 18.5 Å². The van der Waals surface area contributed by atoms with E-state index in [1.807, 2.05) is 0 Å². The number of morpholine rings is 1. The van der Waals surface area contributed by atoms with Crippen molar-refractivity contribution in [3.8, 4) is 0 Å². The Balaban J connectivity index is 1.87. The van der Waals surface area contributed by atoms with Crippen molar-refractivity contribution < 1.29 is 18.1 Å². The average Bonchev–Trinajstić information content (AvgIpc) is 3.00. The molecule has 1 aliphatic carbocycles. The fourth-order valence-corrected chi connectivity index (χ4v) is 4.87. The quantitative estimate of drug-likeness (QED) is 0.631. The van der Waals surface area contributed by atoms with Crippen molar-refractivity contribution in [3.63, 3.8) is 0 Å². The molecule has 2 atom stereocenters. The number of nitro benzene ring substituents is 1. The van der Waals surface area contributed by atoms with Crippen molar-refractivity contribution in [2.45, 2.75) is 37.1 Å². The van der Waals surface area contributed by atoms with Crippen LogP contribution < -0.4 is 5.32 Å². The molecular formula is C16H23N3O5S. The molecule has 9 heteroatoms. The third-order valence-corrected chi connectivity index (χ3v) is 6.72. The van der Waals surface area contributed by atoms with E-state index in [-0.39, 0.29) is 29.7 Å². The van der Waals surface area contributed by atoms with Gasteiger partial charge in [-0.15, -0.1) is 0 Å². The van der Waals surface area contributed by atoms with E-state index in [1.54, 1.807) is 0 Å². The van der Waals surface area contributed by atoms with Gasteiger partial charge in [-0.05, 0) is 37.3 Å². The van der Waals surface area contributed by atoms with Crippen LogP contribution in [0.1, 0.15) is 26.2 Å². The van der Waals surface area contributed by atoms with Crippen molar-refractivity contribution in [1.29, 1.82) is 0 Å². The largest absolute Gasteiger partial charge is 0.379 e. The lowest BCUT2D eigenvalue weighted by Crippen LogP contribution is -2.40. The predicted molar refractivity (Wildman–Crippen MR) is 93.1 cm³/mol. The van der Waals surface area contributed by atoms with Crippen LogP contribution in [0.3, 0.4) is 0 Å². The average molecular weight is 369 g/mol. The van der Waals surface area contributed by atoms with E-state index < -0.39 is 14.9 Å². The highest BCUT2D eigenvalue weighted by atomic mass is 32.2. The van der Waals surface area contributed by atoms with Gasteiger partial charge in [-0.2, -0.15) is 4.31 Å². The van der Waals surface area contributed by atoms with Gasteiger partial charge in [-0.25, -0.2) is 8.42 Å². The molecule has 0 radical (unpaired) electrons. The van der Waals surface area contributed by atoms with Crippen molar-refractivity contribution >= 4 is 21.4 Å². The smallest absolute Gasteiger partial charge is 0.293 e.